The number of hydrogen-bond donors (Lipinski definition) is 2. The van der Waals surface area contributed by atoms with Crippen LogP contribution in [0.15, 0.2) is 72.8 Å². The topological polar surface area (TPSA) is 110 Å². The van der Waals surface area contributed by atoms with Crippen LogP contribution < -0.4 is 10.1 Å². The van der Waals surface area contributed by atoms with E-state index < -0.39 is 5.82 Å². The molecule has 1 atom stereocenters. The number of fused-ring (bicyclic) bond motifs is 2. The molecular weight excluding hydrogens is 669 g/mol. The van der Waals surface area contributed by atoms with Gasteiger partial charge in [-0.05, 0) is 86.4 Å². The molecule has 3 aromatic carbocycles. The van der Waals surface area contributed by atoms with Crippen molar-refractivity contribution in [1.29, 1.82) is 0 Å². The van der Waals surface area contributed by atoms with Gasteiger partial charge in [-0.3, -0.25) is 14.8 Å². The fourth-order valence-corrected chi connectivity index (χ4v) is 6.88. The Morgan fingerprint density at radius 2 is 2.00 bits per heavy atom. The summed E-state index contributed by atoms with van der Waals surface area (Å²) in [5, 5.41) is 11.7. The van der Waals surface area contributed by atoms with Gasteiger partial charge >= 0.3 is 0 Å². The van der Waals surface area contributed by atoms with E-state index >= 15 is 0 Å². The van der Waals surface area contributed by atoms with Gasteiger partial charge in [0.05, 0.1) is 47.1 Å². The molecule has 0 saturated carbocycles. The molecule has 6 aromatic rings. The van der Waals surface area contributed by atoms with E-state index in [9.17, 15) is 9.18 Å². The first-order chi connectivity index (χ1) is 24.8. The van der Waals surface area contributed by atoms with Gasteiger partial charge in [-0.2, -0.15) is 5.10 Å². The smallest absolute Gasteiger partial charge is 0.255 e. The van der Waals surface area contributed by atoms with Crippen LogP contribution in [0.3, 0.4) is 0 Å². The molecule has 51 heavy (non-hydrogen) atoms. The minimum Gasteiger partial charge on any atom is -0.473 e. The fourth-order valence-electron chi connectivity index (χ4n) is 6.72. The first-order valence-electron chi connectivity index (χ1n) is 17.1. The van der Waals surface area contributed by atoms with Gasteiger partial charge in [0.1, 0.15) is 18.2 Å². The van der Waals surface area contributed by atoms with Crippen LogP contribution in [-0.4, -0.2) is 61.3 Å². The molecule has 1 saturated heterocycles. The molecule has 0 radical (unpaired) electrons. The molecule has 1 amide bonds. The molecule has 12 heteroatoms. The molecule has 2 N–H and O–H groups in total. The number of rotatable bonds is 10. The van der Waals surface area contributed by atoms with Crippen molar-refractivity contribution in [3.63, 3.8) is 0 Å². The van der Waals surface area contributed by atoms with Crippen molar-refractivity contribution >= 4 is 50.7 Å². The number of ether oxygens (including phenoxy) is 2. The highest BCUT2D eigenvalue weighted by Gasteiger charge is 2.24. The van der Waals surface area contributed by atoms with Crippen LogP contribution in [0.1, 0.15) is 51.5 Å². The third-order valence-corrected chi connectivity index (χ3v) is 9.92. The molecule has 0 unspecified atom stereocenters. The van der Waals surface area contributed by atoms with Crippen molar-refractivity contribution in [3.05, 3.63) is 118 Å². The normalized spacial score (nSPS) is 16.3. The predicted octanol–water partition coefficient (Wildman–Crippen LogP) is 7.63. The molecule has 2 aliphatic rings. The van der Waals surface area contributed by atoms with E-state index in [0.717, 1.165) is 89.4 Å². The van der Waals surface area contributed by atoms with Gasteiger partial charge in [-0.25, -0.2) is 14.4 Å². The molecule has 8 rings (SSSR count). The number of aromatic nitrogens is 5. The summed E-state index contributed by atoms with van der Waals surface area (Å²) in [5.74, 6) is 0.817. The highest BCUT2D eigenvalue weighted by atomic mass is 35.5. The van der Waals surface area contributed by atoms with Gasteiger partial charge in [0, 0.05) is 53.0 Å². The van der Waals surface area contributed by atoms with E-state index in [0.29, 0.717) is 34.3 Å². The lowest BCUT2D eigenvalue weighted by Crippen LogP contribution is -2.33. The van der Waals surface area contributed by atoms with Gasteiger partial charge in [-0.15, -0.1) is 0 Å². The van der Waals surface area contributed by atoms with Crippen LogP contribution in [0.5, 0.6) is 5.88 Å². The SMILES string of the molecule is Cc1n[nH]c2c(C)cc(C(=O)Nc3ccc4c(c3)nc(CN3CC=C(c5cccc(OCc6ccc(Cl)cc6F)n5)CC3)n4C[C@@H]3CCO3)cc12. The zero-order valence-electron chi connectivity index (χ0n) is 28.4. The molecular formula is C39H37ClFN7O3. The molecule has 0 bridgehead atoms. The summed E-state index contributed by atoms with van der Waals surface area (Å²) in [5.41, 5.74) is 8.29. The zero-order valence-corrected chi connectivity index (χ0v) is 29.1. The lowest BCUT2D eigenvalue weighted by atomic mass is 10.0. The maximum atomic E-state index is 14.2. The zero-order chi connectivity index (χ0) is 35.1. The number of H-pyrrole nitrogens is 1. The number of nitrogens with one attached hydrogen (secondary N) is 2. The lowest BCUT2D eigenvalue weighted by Gasteiger charge is -2.29. The van der Waals surface area contributed by atoms with Gasteiger partial charge in [0.15, 0.2) is 0 Å². The van der Waals surface area contributed by atoms with Crippen LogP contribution in [0.25, 0.3) is 27.5 Å². The number of carbonyl (C=O) groups is 1. The van der Waals surface area contributed by atoms with E-state index in [1.54, 1.807) is 18.2 Å². The maximum absolute atomic E-state index is 14.2. The highest BCUT2D eigenvalue weighted by molar-refractivity contribution is 6.30. The minimum absolute atomic E-state index is 0.0642. The minimum atomic E-state index is -0.403. The second kappa shape index (κ2) is 13.9. The van der Waals surface area contributed by atoms with E-state index in [1.807, 2.05) is 56.3 Å². The largest absolute Gasteiger partial charge is 0.473 e. The van der Waals surface area contributed by atoms with Gasteiger partial charge < -0.3 is 19.4 Å². The third-order valence-electron chi connectivity index (χ3n) is 9.69. The van der Waals surface area contributed by atoms with Crippen molar-refractivity contribution in [2.45, 2.75) is 52.5 Å². The monoisotopic (exact) mass is 705 g/mol. The lowest BCUT2D eigenvalue weighted by molar-refractivity contribution is -0.0591. The fraction of sp³-hybridized carbons (Fsp3) is 0.282. The summed E-state index contributed by atoms with van der Waals surface area (Å²) in [4.78, 5) is 25.5. The number of amides is 1. The highest BCUT2D eigenvalue weighted by Crippen LogP contribution is 2.28. The maximum Gasteiger partial charge on any atom is 0.255 e. The summed E-state index contributed by atoms with van der Waals surface area (Å²) < 4.78 is 28.1. The Kier molecular flexibility index (Phi) is 9.01. The van der Waals surface area contributed by atoms with Crippen LogP contribution >= 0.6 is 11.6 Å². The first kappa shape index (κ1) is 33.1. The summed E-state index contributed by atoms with van der Waals surface area (Å²) in [6.45, 7) is 7.71. The Hall–Kier alpha value is -5.10. The van der Waals surface area contributed by atoms with E-state index in [1.165, 1.54) is 6.07 Å². The summed E-state index contributed by atoms with van der Waals surface area (Å²) >= 11 is 5.88. The number of pyridine rings is 1. The molecule has 260 valence electrons. The van der Waals surface area contributed by atoms with E-state index in [4.69, 9.17) is 31.0 Å². The molecule has 0 aliphatic carbocycles. The number of imidazole rings is 1. The van der Waals surface area contributed by atoms with Crippen molar-refractivity contribution < 1.29 is 18.7 Å². The number of halogens is 2. The average Bonchev–Trinajstić information content (AvgIpc) is 3.65. The van der Waals surface area contributed by atoms with E-state index in [2.05, 4.69) is 31.1 Å². The van der Waals surface area contributed by atoms with Gasteiger partial charge in [0.25, 0.3) is 5.91 Å². The summed E-state index contributed by atoms with van der Waals surface area (Å²) in [6, 6.07) is 19.9. The molecule has 2 aliphatic heterocycles. The number of anilines is 1. The number of hydrogen-bond acceptors (Lipinski definition) is 7. The number of aromatic amines is 1. The second-order valence-corrected chi connectivity index (χ2v) is 13.6. The molecule has 5 heterocycles. The van der Waals surface area contributed by atoms with Crippen LogP contribution in [0.2, 0.25) is 5.02 Å². The summed E-state index contributed by atoms with van der Waals surface area (Å²) in [7, 11) is 0. The van der Waals surface area contributed by atoms with Crippen molar-refractivity contribution in [3.8, 4) is 5.88 Å². The third kappa shape index (κ3) is 6.97. The van der Waals surface area contributed by atoms with E-state index in [-0.39, 0.29) is 18.6 Å². The Balaban J connectivity index is 0.968. The first-order valence-corrected chi connectivity index (χ1v) is 17.5. The molecule has 10 nitrogen and oxygen atoms in total. The Morgan fingerprint density at radius 1 is 1.12 bits per heavy atom. The molecule has 1 fully saturated rings. The predicted molar refractivity (Wildman–Crippen MR) is 195 cm³/mol. The number of carbonyl (C=O) groups excluding carboxylic acids is 1. The van der Waals surface area contributed by atoms with Crippen LogP contribution in [0, 0.1) is 19.7 Å². The Morgan fingerprint density at radius 3 is 2.78 bits per heavy atom. The van der Waals surface area contributed by atoms with Crippen LogP contribution in [0.4, 0.5) is 10.1 Å². The van der Waals surface area contributed by atoms with Crippen molar-refractivity contribution in [2.24, 2.45) is 0 Å². The number of benzene rings is 3. The molecule has 0 spiro atoms. The number of aryl methyl sites for hydroxylation is 2. The number of nitrogens with zero attached hydrogens (tertiary/aromatic N) is 5. The summed E-state index contributed by atoms with van der Waals surface area (Å²) in [6.07, 6.45) is 4.20. The van der Waals surface area contributed by atoms with Crippen molar-refractivity contribution in [2.75, 3.05) is 25.0 Å². The molecule has 3 aromatic heterocycles. The van der Waals surface area contributed by atoms with Crippen molar-refractivity contribution in [1.82, 2.24) is 29.6 Å². The Bertz CT molecular complexity index is 2310. The van der Waals surface area contributed by atoms with Gasteiger partial charge in [-0.1, -0.05) is 29.8 Å². The Labute approximate surface area is 299 Å². The quantitative estimate of drug-likeness (QED) is 0.151. The standard InChI is InChI=1S/C39H37ClFN7O3/c1-23-16-27(17-31-24(2)45-46-38(23)31)39(49)42-29-8-9-35-34(19-29)43-36(48(35)20-30-12-15-50-30)21-47-13-10-25(11-14-47)33-4-3-5-37(44-33)51-22-26-6-7-28(40)18-32(26)41/h3-10,16-19,30H,11-15,20-22H2,1-2H3,(H,42,49)(H,45,46)/t30-/m0/s1. The van der Waals surface area contributed by atoms with Gasteiger partial charge in [0.2, 0.25) is 5.88 Å². The average molecular weight is 706 g/mol. The second-order valence-electron chi connectivity index (χ2n) is 13.2. The van der Waals surface area contributed by atoms with Crippen LogP contribution in [-0.2, 0) is 24.4 Å².